The summed E-state index contributed by atoms with van der Waals surface area (Å²) < 4.78 is 1.43. The summed E-state index contributed by atoms with van der Waals surface area (Å²) in [5.41, 5.74) is 3.27. The molecule has 0 unspecified atom stereocenters. The first-order valence-corrected chi connectivity index (χ1v) is 8.14. The molecule has 0 amide bonds. The van der Waals surface area contributed by atoms with Crippen molar-refractivity contribution >= 4 is 21.4 Å². The lowest BCUT2D eigenvalue weighted by atomic mass is 9.82. The molecule has 20 heavy (non-hydrogen) atoms. The van der Waals surface area contributed by atoms with Crippen LogP contribution in [0.1, 0.15) is 23.8 Å². The van der Waals surface area contributed by atoms with Crippen molar-refractivity contribution < 1.29 is 0 Å². The summed E-state index contributed by atoms with van der Waals surface area (Å²) in [6.07, 6.45) is 5.78. The number of fused-ring (bicyclic) bond motifs is 3. The topological polar surface area (TPSA) is 12.0 Å². The summed E-state index contributed by atoms with van der Waals surface area (Å²) in [6, 6.07) is 8.84. The van der Waals surface area contributed by atoms with Gasteiger partial charge >= 0.3 is 0 Å². The van der Waals surface area contributed by atoms with Crippen molar-refractivity contribution in [3.05, 3.63) is 59.0 Å². The van der Waals surface area contributed by atoms with Crippen LogP contribution in [-0.2, 0) is 12.0 Å². The Morgan fingerprint density at radius 2 is 2.20 bits per heavy atom. The van der Waals surface area contributed by atoms with E-state index in [4.69, 9.17) is 0 Å². The highest BCUT2D eigenvalue weighted by Gasteiger charge is 2.76. The van der Waals surface area contributed by atoms with Crippen LogP contribution in [0.2, 0.25) is 0 Å². The maximum Gasteiger partial charge on any atom is 0.0465 e. The van der Waals surface area contributed by atoms with Crippen molar-refractivity contribution in [3.63, 3.8) is 0 Å². The molecule has 2 aromatic rings. The lowest BCUT2D eigenvalue weighted by Gasteiger charge is -2.33. The Morgan fingerprint density at radius 3 is 3.10 bits per heavy atom. The van der Waals surface area contributed by atoms with Crippen LogP contribution in [0.25, 0.3) is 10.1 Å². The Morgan fingerprint density at radius 1 is 1.35 bits per heavy atom. The average Bonchev–Trinajstić information content (AvgIpc) is 2.82. The van der Waals surface area contributed by atoms with Crippen molar-refractivity contribution in [1.82, 2.24) is 5.32 Å². The molecule has 100 valence electrons. The van der Waals surface area contributed by atoms with Crippen molar-refractivity contribution in [3.8, 4) is 0 Å². The molecule has 0 bridgehead atoms. The third-order valence-corrected chi connectivity index (χ3v) is 7.18. The van der Waals surface area contributed by atoms with Crippen LogP contribution in [-0.4, -0.2) is 5.54 Å². The number of hydrogen-bond acceptors (Lipinski definition) is 2. The summed E-state index contributed by atoms with van der Waals surface area (Å²) in [5.74, 6) is 0.666. The number of allylic oxidation sites excluding steroid dienone is 1. The lowest BCUT2D eigenvalue weighted by molar-refractivity contribution is 0.418. The molecule has 3 aliphatic rings. The second-order valence-electron chi connectivity index (χ2n) is 6.49. The zero-order valence-corrected chi connectivity index (χ0v) is 12.4. The Kier molecular flexibility index (Phi) is 1.84. The number of thiophene rings is 1. The van der Waals surface area contributed by atoms with Crippen LogP contribution >= 0.6 is 11.3 Å². The molecule has 3 atom stereocenters. The number of nitrogens with one attached hydrogen (secondary N) is 1. The highest BCUT2D eigenvalue weighted by atomic mass is 32.1. The molecule has 1 saturated carbocycles. The average molecular weight is 279 g/mol. The molecule has 0 saturated heterocycles. The summed E-state index contributed by atoms with van der Waals surface area (Å²) in [5, 5.41) is 5.32. The van der Waals surface area contributed by atoms with E-state index in [1.807, 2.05) is 11.3 Å². The normalized spacial score (nSPS) is 37.5. The summed E-state index contributed by atoms with van der Waals surface area (Å²) >= 11 is 2.00. The van der Waals surface area contributed by atoms with E-state index in [0.29, 0.717) is 5.92 Å². The lowest BCUT2D eigenvalue weighted by Crippen LogP contribution is -2.43. The number of hydrogen-bond donors (Lipinski definition) is 1. The first-order chi connectivity index (χ1) is 9.69. The fraction of sp³-hybridized carbons (Fsp3) is 0.333. The first-order valence-electron chi connectivity index (χ1n) is 7.32. The molecule has 0 spiro atoms. The van der Waals surface area contributed by atoms with E-state index >= 15 is 0 Å². The molecular formula is C18H17NS. The van der Waals surface area contributed by atoms with Crippen LogP contribution in [0.4, 0.5) is 0 Å². The molecule has 0 radical (unpaired) electrons. The predicted molar refractivity (Wildman–Crippen MR) is 85.1 cm³/mol. The van der Waals surface area contributed by atoms with Gasteiger partial charge in [-0.3, -0.25) is 0 Å². The van der Waals surface area contributed by atoms with E-state index in [0.717, 1.165) is 13.0 Å². The van der Waals surface area contributed by atoms with Crippen molar-refractivity contribution in [2.45, 2.75) is 30.8 Å². The van der Waals surface area contributed by atoms with Gasteiger partial charge in [0, 0.05) is 27.1 Å². The third-order valence-electron chi connectivity index (χ3n) is 5.82. The largest absolute Gasteiger partial charge is 0.305 e. The van der Waals surface area contributed by atoms with Gasteiger partial charge in [0.2, 0.25) is 0 Å². The molecule has 1 N–H and O–H groups in total. The third kappa shape index (κ3) is 1.00. The van der Waals surface area contributed by atoms with Crippen molar-refractivity contribution in [2.24, 2.45) is 5.92 Å². The second-order valence-corrected chi connectivity index (χ2v) is 7.54. The van der Waals surface area contributed by atoms with E-state index < -0.39 is 0 Å². The summed E-state index contributed by atoms with van der Waals surface area (Å²) in [7, 11) is 0. The van der Waals surface area contributed by atoms with Crippen LogP contribution < -0.4 is 5.32 Å². The maximum absolute atomic E-state index is 4.18. The maximum atomic E-state index is 4.18. The molecule has 1 nitrogen and oxygen atoms in total. The molecule has 5 rings (SSSR count). The van der Waals surface area contributed by atoms with Gasteiger partial charge in [-0.15, -0.1) is 11.3 Å². The predicted octanol–water partition coefficient (Wildman–Crippen LogP) is 4.15. The van der Waals surface area contributed by atoms with Gasteiger partial charge in [0.05, 0.1) is 0 Å². The van der Waals surface area contributed by atoms with E-state index in [1.165, 1.54) is 21.2 Å². The van der Waals surface area contributed by atoms with Gasteiger partial charge in [0.25, 0.3) is 0 Å². The van der Waals surface area contributed by atoms with E-state index in [2.05, 4.69) is 55.2 Å². The highest BCUT2D eigenvalue weighted by molar-refractivity contribution is 7.19. The molecule has 2 aliphatic carbocycles. The van der Waals surface area contributed by atoms with Gasteiger partial charge in [-0.05, 0) is 29.4 Å². The zero-order valence-electron chi connectivity index (χ0n) is 11.6. The highest BCUT2D eigenvalue weighted by Crippen LogP contribution is 2.71. The Labute approximate surface area is 123 Å². The molecule has 1 aromatic carbocycles. The smallest absolute Gasteiger partial charge is 0.0465 e. The summed E-state index contributed by atoms with van der Waals surface area (Å²) in [4.78, 5) is 1.61. The Hall–Kier alpha value is -1.38. The van der Waals surface area contributed by atoms with E-state index in [1.54, 1.807) is 4.88 Å². The Balaban J connectivity index is 1.84. The molecule has 2 heteroatoms. The van der Waals surface area contributed by atoms with Gasteiger partial charge in [-0.2, -0.15) is 0 Å². The molecule has 1 aromatic heterocycles. The molecular weight excluding hydrogens is 262 g/mol. The van der Waals surface area contributed by atoms with Crippen LogP contribution in [0.3, 0.4) is 0 Å². The molecule has 1 fully saturated rings. The fourth-order valence-electron chi connectivity index (χ4n) is 4.72. The van der Waals surface area contributed by atoms with Crippen LogP contribution in [0.5, 0.6) is 0 Å². The van der Waals surface area contributed by atoms with Gasteiger partial charge in [0.1, 0.15) is 0 Å². The SMILES string of the molecule is C=C1C=C[C@]23c4sc5ccccc5c4CN[C@@]2(C1)[C@H]3C. The fourth-order valence-corrected chi connectivity index (χ4v) is 6.28. The van der Waals surface area contributed by atoms with Crippen LogP contribution in [0, 0.1) is 5.92 Å². The minimum absolute atomic E-state index is 0.228. The Bertz CT molecular complexity index is 799. The van der Waals surface area contributed by atoms with E-state index in [9.17, 15) is 0 Å². The minimum Gasteiger partial charge on any atom is -0.305 e. The van der Waals surface area contributed by atoms with Gasteiger partial charge in [-0.1, -0.05) is 49.4 Å². The summed E-state index contributed by atoms with van der Waals surface area (Å²) in [6.45, 7) is 7.59. The van der Waals surface area contributed by atoms with Gasteiger partial charge in [-0.25, -0.2) is 0 Å². The van der Waals surface area contributed by atoms with Crippen LogP contribution in [0.15, 0.2) is 48.6 Å². The molecule has 2 heterocycles. The monoisotopic (exact) mass is 279 g/mol. The van der Waals surface area contributed by atoms with Crippen molar-refractivity contribution in [2.75, 3.05) is 0 Å². The minimum atomic E-state index is 0.228. The quantitative estimate of drug-likeness (QED) is 0.764. The standard InChI is InChI=1S/C18H17NS/c1-11-7-8-17-12(2)18(17,9-11)19-10-14-13-5-3-4-6-15(13)20-16(14)17/h3-8,12,19H,1,9-10H2,2H3/t12-,17-,18-/m0/s1. The first kappa shape index (κ1) is 11.3. The van der Waals surface area contributed by atoms with Gasteiger partial charge in [0.15, 0.2) is 0 Å². The van der Waals surface area contributed by atoms with Gasteiger partial charge < -0.3 is 5.32 Å². The molecule has 1 aliphatic heterocycles. The number of benzene rings is 1. The number of rotatable bonds is 0. The zero-order chi connectivity index (χ0) is 13.5. The van der Waals surface area contributed by atoms with Crippen molar-refractivity contribution in [1.29, 1.82) is 0 Å². The second kappa shape index (κ2) is 3.26. The van der Waals surface area contributed by atoms with E-state index in [-0.39, 0.29) is 11.0 Å².